The normalized spacial score (nSPS) is 13.7. The van der Waals surface area contributed by atoms with Gasteiger partial charge in [0.05, 0.1) is 13.2 Å². The van der Waals surface area contributed by atoms with Gasteiger partial charge in [-0.05, 0) is 54.5 Å². The first-order valence-electron chi connectivity index (χ1n) is 14.5. The third kappa shape index (κ3) is 9.62. The lowest BCUT2D eigenvalue weighted by molar-refractivity contribution is -0.120. The maximum absolute atomic E-state index is 13.1. The van der Waals surface area contributed by atoms with E-state index in [-0.39, 0.29) is 12.6 Å². The number of carbonyl (C=O) groups is 3. The number of carbonyl (C=O) groups excluding carboxylic acids is 2. The fraction of sp³-hybridized carbons (Fsp3) is 0.364. The number of likely N-dealkylation sites (N-methyl/N-ethyl adjacent to an activating group) is 1. The van der Waals surface area contributed by atoms with Gasteiger partial charge < -0.3 is 26.2 Å². The first kappa shape index (κ1) is 32.1. The number of nitrogens with zero attached hydrogens (tertiary/aromatic N) is 2. The van der Waals surface area contributed by atoms with Crippen LogP contribution in [0.25, 0.3) is 0 Å². The maximum atomic E-state index is 13.1. The summed E-state index contributed by atoms with van der Waals surface area (Å²) in [5.74, 6) is -0.0339. The Kier molecular flexibility index (Phi) is 12.9. The van der Waals surface area contributed by atoms with Crippen molar-refractivity contribution in [1.29, 1.82) is 0 Å². The fourth-order valence-electron chi connectivity index (χ4n) is 5.16. The molecule has 0 heterocycles. The number of aliphatic hydroxyl groups excluding tert-OH is 1. The van der Waals surface area contributed by atoms with E-state index in [1.165, 1.54) is 37.7 Å². The molecule has 0 aliphatic heterocycles. The number of benzene rings is 3. The molecule has 1 fully saturated rings. The standard InChI is InChI=1S/C24H32N2O2.C9H10N2O3/c1-2-25(17-18-27)24(28)26(23-11-7-4-8-12-23)19-20-13-15-22(16-14-20)21-9-5-3-6-10-21;10-8(12)7(11-9(13)14)6-4-2-1-3-5-6/h4,7-8,11-16,21,27H,2-3,5-6,9-10,17-19H2,1H3;1-5,7,11H,(H2,10,12)(H,13,14)/t;7-/m.0/s1. The molecule has 1 saturated carbocycles. The molecule has 4 rings (SSSR count). The minimum atomic E-state index is -1.28. The van der Waals surface area contributed by atoms with E-state index in [9.17, 15) is 19.5 Å². The van der Waals surface area contributed by atoms with Crippen LogP contribution in [-0.2, 0) is 11.3 Å². The second-order valence-electron chi connectivity index (χ2n) is 10.3. The lowest BCUT2D eigenvalue weighted by Crippen LogP contribution is -2.44. The number of urea groups is 1. The van der Waals surface area contributed by atoms with E-state index in [4.69, 9.17) is 10.8 Å². The minimum Gasteiger partial charge on any atom is -0.465 e. The summed E-state index contributed by atoms with van der Waals surface area (Å²) in [6.45, 7) is 3.35. The molecule has 3 aromatic carbocycles. The van der Waals surface area contributed by atoms with Crippen LogP contribution in [0.4, 0.5) is 15.3 Å². The van der Waals surface area contributed by atoms with Gasteiger partial charge in [0.15, 0.2) is 0 Å². The molecule has 9 heteroatoms. The Morgan fingerprint density at radius 2 is 1.50 bits per heavy atom. The number of nitrogens with two attached hydrogens (primary N) is 1. The lowest BCUT2D eigenvalue weighted by atomic mass is 9.84. The molecule has 0 unspecified atom stereocenters. The van der Waals surface area contributed by atoms with Gasteiger partial charge in [0.1, 0.15) is 6.04 Å². The van der Waals surface area contributed by atoms with E-state index < -0.39 is 18.0 Å². The SMILES string of the molecule is CCN(CCO)C(=O)N(Cc1ccc(C2CCCCC2)cc1)c1ccccc1.NC(=O)[C@@H](NC(=O)O)c1ccccc1. The Morgan fingerprint density at radius 3 is 2.02 bits per heavy atom. The summed E-state index contributed by atoms with van der Waals surface area (Å²) in [4.78, 5) is 37.9. The second-order valence-corrected chi connectivity index (χ2v) is 10.3. The zero-order chi connectivity index (χ0) is 30.3. The van der Waals surface area contributed by atoms with Crippen molar-refractivity contribution in [2.75, 3.05) is 24.6 Å². The van der Waals surface area contributed by atoms with Gasteiger partial charge in [-0.15, -0.1) is 0 Å². The quantitative estimate of drug-likeness (QED) is 0.248. The predicted molar refractivity (Wildman–Crippen MR) is 164 cm³/mol. The average Bonchev–Trinajstić information content (AvgIpc) is 3.02. The number of carboxylic acid groups (broad SMARTS) is 1. The summed E-state index contributed by atoms with van der Waals surface area (Å²) >= 11 is 0. The lowest BCUT2D eigenvalue weighted by Gasteiger charge is -2.30. The molecule has 0 aromatic heterocycles. The fourth-order valence-corrected chi connectivity index (χ4v) is 5.16. The molecule has 0 bridgehead atoms. The third-order valence-electron chi connectivity index (χ3n) is 7.40. The van der Waals surface area contributed by atoms with Crippen LogP contribution in [0.1, 0.15) is 67.7 Å². The Bertz CT molecular complexity index is 1250. The van der Waals surface area contributed by atoms with Gasteiger partial charge in [-0.25, -0.2) is 9.59 Å². The monoisotopic (exact) mass is 574 g/mol. The van der Waals surface area contributed by atoms with Crippen LogP contribution in [0.2, 0.25) is 0 Å². The number of anilines is 1. The van der Waals surface area contributed by atoms with E-state index in [1.54, 1.807) is 40.1 Å². The van der Waals surface area contributed by atoms with Crippen LogP contribution in [0.3, 0.4) is 0 Å². The van der Waals surface area contributed by atoms with Crippen molar-refractivity contribution in [3.8, 4) is 0 Å². The first-order valence-corrected chi connectivity index (χ1v) is 14.5. The van der Waals surface area contributed by atoms with Gasteiger partial charge in [-0.2, -0.15) is 0 Å². The number of primary amides is 1. The molecular formula is C33H42N4O5. The maximum Gasteiger partial charge on any atom is 0.405 e. The summed E-state index contributed by atoms with van der Waals surface area (Å²) in [6, 6.07) is 25.9. The van der Waals surface area contributed by atoms with Crippen molar-refractivity contribution < 1.29 is 24.6 Å². The van der Waals surface area contributed by atoms with Crippen molar-refractivity contribution >= 4 is 23.7 Å². The molecule has 224 valence electrons. The van der Waals surface area contributed by atoms with Gasteiger partial charge in [0, 0.05) is 18.8 Å². The highest BCUT2D eigenvalue weighted by atomic mass is 16.4. The summed E-state index contributed by atoms with van der Waals surface area (Å²) in [7, 11) is 0. The van der Waals surface area contributed by atoms with Crippen molar-refractivity contribution in [2.45, 2.75) is 57.5 Å². The number of hydrogen-bond donors (Lipinski definition) is 4. The Hall–Kier alpha value is -4.37. The molecule has 4 amide bonds. The molecule has 0 spiro atoms. The third-order valence-corrected chi connectivity index (χ3v) is 7.40. The molecule has 0 radical (unpaired) electrons. The topological polar surface area (TPSA) is 136 Å². The smallest absolute Gasteiger partial charge is 0.405 e. The van der Waals surface area contributed by atoms with Gasteiger partial charge >= 0.3 is 12.1 Å². The van der Waals surface area contributed by atoms with E-state index in [0.29, 0.717) is 31.1 Å². The predicted octanol–water partition coefficient (Wildman–Crippen LogP) is 5.66. The van der Waals surface area contributed by atoms with E-state index >= 15 is 0 Å². The Balaban J connectivity index is 0.000000291. The van der Waals surface area contributed by atoms with Crippen LogP contribution in [-0.4, -0.2) is 52.8 Å². The number of hydrogen-bond acceptors (Lipinski definition) is 4. The summed E-state index contributed by atoms with van der Waals surface area (Å²) in [5.41, 5.74) is 9.01. The van der Waals surface area contributed by atoms with Crippen molar-refractivity contribution in [3.63, 3.8) is 0 Å². The van der Waals surface area contributed by atoms with Crippen LogP contribution in [0, 0.1) is 0 Å². The summed E-state index contributed by atoms with van der Waals surface area (Å²) < 4.78 is 0. The molecular weight excluding hydrogens is 532 g/mol. The number of amides is 4. The first-order chi connectivity index (χ1) is 20.3. The number of nitrogens with one attached hydrogen (secondary N) is 1. The molecule has 9 nitrogen and oxygen atoms in total. The molecule has 0 saturated heterocycles. The Morgan fingerprint density at radius 1 is 0.905 bits per heavy atom. The average molecular weight is 575 g/mol. The summed E-state index contributed by atoms with van der Waals surface area (Å²) in [5, 5.41) is 19.8. The highest BCUT2D eigenvalue weighted by molar-refractivity contribution is 5.92. The number of aliphatic hydroxyl groups is 1. The molecule has 42 heavy (non-hydrogen) atoms. The van der Waals surface area contributed by atoms with Crippen molar-refractivity contribution in [2.24, 2.45) is 5.73 Å². The minimum absolute atomic E-state index is 0.0295. The molecule has 3 aromatic rings. The van der Waals surface area contributed by atoms with Gasteiger partial charge in [-0.1, -0.05) is 92.1 Å². The second kappa shape index (κ2) is 16.8. The van der Waals surface area contributed by atoms with Gasteiger partial charge in [0.2, 0.25) is 5.91 Å². The zero-order valence-corrected chi connectivity index (χ0v) is 24.2. The summed E-state index contributed by atoms with van der Waals surface area (Å²) in [6.07, 6.45) is 5.34. The number of rotatable bonds is 10. The van der Waals surface area contributed by atoms with Crippen LogP contribution in [0.15, 0.2) is 84.9 Å². The van der Waals surface area contributed by atoms with Crippen LogP contribution in [0.5, 0.6) is 0 Å². The van der Waals surface area contributed by atoms with E-state index in [1.807, 2.05) is 42.6 Å². The van der Waals surface area contributed by atoms with Crippen LogP contribution >= 0.6 is 0 Å². The van der Waals surface area contributed by atoms with Crippen LogP contribution < -0.4 is 16.0 Å². The van der Waals surface area contributed by atoms with E-state index in [0.717, 1.165) is 11.3 Å². The Labute approximate surface area is 248 Å². The zero-order valence-electron chi connectivity index (χ0n) is 24.2. The molecule has 1 aliphatic rings. The van der Waals surface area contributed by atoms with E-state index in [2.05, 4.69) is 24.3 Å². The van der Waals surface area contributed by atoms with Gasteiger partial charge in [0.25, 0.3) is 0 Å². The van der Waals surface area contributed by atoms with Crippen molar-refractivity contribution in [3.05, 3.63) is 102 Å². The molecule has 1 aliphatic carbocycles. The molecule has 5 N–H and O–H groups in total. The van der Waals surface area contributed by atoms with Gasteiger partial charge in [-0.3, -0.25) is 9.69 Å². The number of para-hydroxylation sites is 1. The molecule has 1 atom stereocenters. The largest absolute Gasteiger partial charge is 0.465 e. The highest BCUT2D eigenvalue weighted by Gasteiger charge is 2.22. The van der Waals surface area contributed by atoms with Crippen molar-refractivity contribution in [1.82, 2.24) is 10.2 Å². The highest BCUT2D eigenvalue weighted by Crippen LogP contribution is 2.32.